The van der Waals surface area contributed by atoms with E-state index in [9.17, 15) is 4.79 Å². The molecule has 0 heterocycles. The van der Waals surface area contributed by atoms with E-state index in [-0.39, 0.29) is 5.97 Å². The van der Waals surface area contributed by atoms with Gasteiger partial charge < -0.3 is 14.4 Å². The van der Waals surface area contributed by atoms with E-state index in [0.29, 0.717) is 18.9 Å². The smallest absolute Gasteiger partial charge is 0.306 e. The van der Waals surface area contributed by atoms with Gasteiger partial charge >= 0.3 is 5.97 Å². The SMILES string of the molecule is CCCCCC(CCCCC)CCCCCCCCCCCC(CCCCCCCCCCOC(=O)CC(CCCCC)CCCCC)COCCCN(C)CC. The van der Waals surface area contributed by atoms with Crippen LogP contribution in [0.1, 0.15) is 279 Å². The van der Waals surface area contributed by atoms with Crippen LogP contribution in [0.2, 0.25) is 0 Å². The van der Waals surface area contributed by atoms with Gasteiger partial charge in [0.05, 0.1) is 6.61 Å². The largest absolute Gasteiger partial charge is 0.466 e. The fourth-order valence-corrected chi connectivity index (χ4v) is 8.85. The van der Waals surface area contributed by atoms with Gasteiger partial charge in [0.15, 0.2) is 0 Å². The number of ether oxygens (including phenoxy) is 2. The van der Waals surface area contributed by atoms with E-state index < -0.39 is 0 Å². The standard InChI is InChI=1S/C53H107NO3/c1-7-12-29-38-50(39-30-13-8-2)40-33-25-21-17-16-18-22-26-34-43-52(49-56-46-37-45-54(6)11-5)44-35-27-23-19-20-24-28-36-47-57-53(55)48-51(41-31-14-9-3)42-32-15-10-4/h50-52H,7-49H2,1-6H3. The Balaban J connectivity index is 4.13. The van der Waals surface area contributed by atoms with Crippen LogP contribution in [-0.4, -0.2) is 50.8 Å². The Bertz CT molecular complexity index is 753. The fraction of sp³-hybridized carbons (Fsp3) is 0.981. The molecule has 0 fully saturated rings. The molecule has 0 bridgehead atoms. The summed E-state index contributed by atoms with van der Waals surface area (Å²) in [7, 11) is 2.21. The van der Waals surface area contributed by atoms with Crippen LogP contribution in [0.3, 0.4) is 0 Å². The van der Waals surface area contributed by atoms with Gasteiger partial charge in [-0.2, -0.15) is 0 Å². The van der Waals surface area contributed by atoms with Gasteiger partial charge in [0.2, 0.25) is 0 Å². The molecule has 342 valence electrons. The highest BCUT2D eigenvalue weighted by Crippen LogP contribution is 2.25. The molecule has 0 N–H and O–H groups in total. The van der Waals surface area contributed by atoms with E-state index >= 15 is 0 Å². The lowest BCUT2D eigenvalue weighted by Crippen LogP contribution is -2.20. The topological polar surface area (TPSA) is 38.8 Å². The monoisotopic (exact) mass is 806 g/mol. The summed E-state index contributed by atoms with van der Waals surface area (Å²) in [5.74, 6) is 2.33. The summed E-state index contributed by atoms with van der Waals surface area (Å²) in [6.07, 6.45) is 50.6. The van der Waals surface area contributed by atoms with Crippen molar-refractivity contribution in [2.24, 2.45) is 17.8 Å². The van der Waals surface area contributed by atoms with E-state index in [2.05, 4.69) is 46.6 Å². The summed E-state index contributed by atoms with van der Waals surface area (Å²) in [5, 5.41) is 0. The molecule has 4 nitrogen and oxygen atoms in total. The third-order valence-electron chi connectivity index (χ3n) is 13.0. The van der Waals surface area contributed by atoms with E-state index in [1.807, 2.05) is 0 Å². The number of carbonyl (C=O) groups excluding carboxylic acids is 1. The summed E-state index contributed by atoms with van der Waals surface area (Å²) < 4.78 is 11.9. The summed E-state index contributed by atoms with van der Waals surface area (Å²) in [6.45, 7) is 16.2. The van der Waals surface area contributed by atoms with Gasteiger partial charge in [-0.15, -0.1) is 0 Å². The maximum atomic E-state index is 12.5. The van der Waals surface area contributed by atoms with Gasteiger partial charge in [0, 0.05) is 26.2 Å². The maximum absolute atomic E-state index is 12.5. The fourth-order valence-electron chi connectivity index (χ4n) is 8.85. The molecule has 0 aromatic rings. The van der Waals surface area contributed by atoms with Crippen LogP contribution in [0.25, 0.3) is 0 Å². The zero-order chi connectivity index (χ0) is 41.7. The first-order valence-corrected chi connectivity index (χ1v) is 26.4. The van der Waals surface area contributed by atoms with Crippen LogP contribution in [-0.2, 0) is 14.3 Å². The summed E-state index contributed by atoms with van der Waals surface area (Å²) in [5.41, 5.74) is 0. The van der Waals surface area contributed by atoms with Crippen molar-refractivity contribution in [3.63, 3.8) is 0 Å². The molecule has 4 heteroatoms. The molecular weight excluding hydrogens is 699 g/mol. The zero-order valence-electron chi connectivity index (χ0n) is 40.3. The highest BCUT2D eigenvalue weighted by molar-refractivity contribution is 5.69. The average molecular weight is 806 g/mol. The van der Waals surface area contributed by atoms with Crippen molar-refractivity contribution in [3.8, 4) is 0 Å². The van der Waals surface area contributed by atoms with Crippen LogP contribution in [0.4, 0.5) is 0 Å². The zero-order valence-corrected chi connectivity index (χ0v) is 40.3. The van der Waals surface area contributed by atoms with Crippen molar-refractivity contribution in [3.05, 3.63) is 0 Å². The molecule has 0 aromatic heterocycles. The second-order valence-electron chi connectivity index (χ2n) is 18.7. The minimum atomic E-state index is 0.0474. The van der Waals surface area contributed by atoms with Gasteiger partial charge in [-0.25, -0.2) is 0 Å². The Morgan fingerprint density at radius 1 is 0.404 bits per heavy atom. The lowest BCUT2D eigenvalue weighted by Gasteiger charge is -2.18. The molecule has 57 heavy (non-hydrogen) atoms. The first-order valence-electron chi connectivity index (χ1n) is 26.4. The molecule has 0 amide bonds. The number of unbranched alkanes of at least 4 members (excludes halogenated alkanes) is 23. The molecule has 1 unspecified atom stereocenters. The molecule has 0 aliphatic rings. The third kappa shape index (κ3) is 41.9. The number of hydrogen-bond acceptors (Lipinski definition) is 4. The number of carbonyl (C=O) groups is 1. The van der Waals surface area contributed by atoms with Gasteiger partial charge in [-0.1, -0.05) is 234 Å². The Hall–Kier alpha value is -0.610. The average Bonchev–Trinajstić information content (AvgIpc) is 3.21. The van der Waals surface area contributed by atoms with Crippen molar-refractivity contribution in [2.75, 3.05) is 40.0 Å². The molecule has 0 radical (unpaired) electrons. The van der Waals surface area contributed by atoms with Crippen LogP contribution in [0.5, 0.6) is 0 Å². The Morgan fingerprint density at radius 2 is 0.754 bits per heavy atom. The first-order chi connectivity index (χ1) is 28.0. The van der Waals surface area contributed by atoms with Gasteiger partial charge in [-0.05, 0) is 69.9 Å². The number of rotatable bonds is 48. The van der Waals surface area contributed by atoms with Crippen LogP contribution in [0, 0.1) is 17.8 Å². The minimum absolute atomic E-state index is 0.0474. The van der Waals surface area contributed by atoms with Gasteiger partial charge in [0.25, 0.3) is 0 Å². The highest BCUT2D eigenvalue weighted by atomic mass is 16.5. The first kappa shape index (κ1) is 56.4. The summed E-state index contributed by atoms with van der Waals surface area (Å²) >= 11 is 0. The van der Waals surface area contributed by atoms with Crippen LogP contribution < -0.4 is 0 Å². The molecule has 0 saturated carbocycles. The van der Waals surface area contributed by atoms with E-state index in [4.69, 9.17) is 9.47 Å². The lowest BCUT2D eigenvalue weighted by atomic mass is 9.90. The molecule has 1 atom stereocenters. The van der Waals surface area contributed by atoms with Crippen molar-refractivity contribution < 1.29 is 14.3 Å². The predicted octanol–water partition coefficient (Wildman–Crippen LogP) is 17.2. The number of hydrogen-bond donors (Lipinski definition) is 0. The van der Waals surface area contributed by atoms with Crippen molar-refractivity contribution in [2.45, 2.75) is 279 Å². The van der Waals surface area contributed by atoms with E-state index in [0.717, 1.165) is 51.0 Å². The summed E-state index contributed by atoms with van der Waals surface area (Å²) in [6, 6.07) is 0. The highest BCUT2D eigenvalue weighted by Gasteiger charge is 2.15. The molecule has 0 aliphatic carbocycles. The predicted molar refractivity (Wildman–Crippen MR) is 254 cm³/mol. The second kappa shape index (κ2) is 46.5. The Labute approximate surface area is 360 Å². The lowest BCUT2D eigenvalue weighted by molar-refractivity contribution is -0.145. The molecule has 0 saturated heterocycles. The molecular formula is C53H107NO3. The molecule has 0 rings (SSSR count). The van der Waals surface area contributed by atoms with Crippen molar-refractivity contribution in [1.82, 2.24) is 4.90 Å². The second-order valence-corrected chi connectivity index (χ2v) is 18.7. The molecule has 0 aliphatic heterocycles. The number of nitrogens with zero attached hydrogens (tertiary/aromatic N) is 1. The van der Waals surface area contributed by atoms with E-state index in [1.165, 1.54) is 225 Å². The summed E-state index contributed by atoms with van der Waals surface area (Å²) in [4.78, 5) is 14.9. The quantitative estimate of drug-likeness (QED) is 0.0453. The van der Waals surface area contributed by atoms with Crippen LogP contribution >= 0.6 is 0 Å². The molecule has 0 aromatic carbocycles. The Kier molecular flexibility index (Phi) is 46.0. The van der Waals surface area contributed by atoms with Gasteiger partial charge in [0.1, 0.15) is 0 Å². The van der Waals surface area contributed by atoms with E-state index in [1.54, 1.807) is 0 Å². The van der Waals surface area contributed by atoms with Gasteiger partial charge in [-0.3, -0.25) is 4.79 Å². The normalized spacial score (nSPS) is 12.4. The number of esters is 1. The van der Waals surface area contributed by atoms with Crippen LogP contribution in [0.15, 0.2) is 0 Å². The van der Waals surface area contributed by atoms with Crippen molar-refractivity contribution in [1.29, 1.82) is 0 Å². The van der Waals surface area contributed by atoms with Crippen molar-refractivity contribution >= 4 is 5.97 Å². The molecule has 0 spiro atoms. The maximum Gasteiger partial charge on any atom is 0.306 e. The third-order valence-corrected chi connectivity index (χ3v) is 13.0. The Morgan fingerprint density at radius 3 is 1.16 bits per heavy atom. The minimum Gasteiger partial charge on any atom is -0.466 e.